The van der Waals surface area contributed by atoms with Crippen molar-refractivity contribution in [3.05, 3.63) is 20.8 Å². The number of nitrogens with one attached hydrogen (secondary N) is 1. The molecule has 1 aromatic rings. The first-order chi connectivity index (χ1) is 9.24. The van der Waals surface area contributed by atoms with Crippen LogP contribution in [0, 0.1) is 11.8 Å². The molecule has 1 saturated carbocycles. The van der Waals surface area contributed by atoms with Crippen LogP contribution in [0.1, 0.15) is 50.8 Å². The molecule has 0 amide bonds. The van der Waals surface area contributed by atoms with E-state index in [4.69, 9.17) is 0 Å². The van der Waals surface area contributed by atoms with Crippen molar-refractivity contribution in [3.8, 4) is 0 Å². The summed E-state index contributed by atoms with van der Waals surface area (Å²) in [5, 5.41) is 6.00. The molecule has 0 aliphatic heterocycles. The van der Waals surface area contributed by atoms with Crippen molar-refractivity contribution in [3.63, 3.8) is 0 Å². The van der Waals surface area contributed by atoms with E-state index in [0.29, 0.717) is 6.04 Å². The molecule has 1 aliphatic rings. The minimum Gasteiger partial charge on any atom is -0.313 e. The van der Waals surface area contributed by atoms with Gasteiger partial charge in [-0.1, -0.05) is 26.7 Å². The Bertz CT molecular complexity index is 377. The zero-order chi connectivity index (χ0) is 13.7. The van der Waals surface area contributed by atoms with Gasteiger partial charge in [0.1, 0.15) is 0 Å². The minimum atomic E-state index is 0.673. The zero-order valence-corrected chi connectivity index (χ0v) is 14.5. The van der Waals surface area contributed by atoms with E-state index in [1.807, 2.05) is 11.3 Å². The van der Waals surface area contributed by atoms with Gasteiger partial charge in [0.05, 0.1) is 0 Å². The third-order valence-corrected chi connectivity index (χ3v) is 6.43. The summed E-state index contributed by atoms with van der Waals surface area (Å²) < 4.78 is 1.30. The monoisotopic (exact) mass is 343 g/mol. The summed E-state index contributed by atoms with van der Waals surface area (Å²) in [6.45, 7) is 5.76. The van der Waals surface area contributed by atoms with E-state index < -0.39 is 0 Å². The molecule has 3 unspecified atom stereocenters. The van der Waals surface area contributed by atoms with Crippen molar-refractivity contribution in [2.24, 2.45) is 11.8 Å². The highest BCUT2D eigenvalue weighted by molar-refractivity contribution is 9.10. The van der Waals surface area contributed by atoms with E-state index in [9.17, 15) is 0 Å². The Morgan fingerprint density at radius 1 is 1.42 bits per heavy atom. The molecule has 0 bridgehead atoms. The first-order valence-electron chi connectivity index (χ1n) is 7.69. The van der Waals surface area contributed by atoms with Gasteiger partial charge in [-0.05, 0) is 71.4 Å². The molecule has 0 radical (unpaired) electrons. The maximum absolute atomic E-state index is 3.81. The van der Waals surface area contributed by atoms with Gasteiger partial charge in [0.2, 0.25) is 0 Å². The van der Waals surface area contributed by atoms with E-state index in [1.165, 1.54) is 47.9 Å². The molecule has 1 heterocycles. The van der Waals surface area contributed by atoms with Crippen molar-refractivity contribution in [2.75, 3.05) is 6.54 Å². The molecule has 108 valence electrons. The first-order valence-corrected chi connectivity index (χ1v) is 9.37. The number of rotatable bonds is 7. The molecule has 1 fully saturated rings. The van der Waals surface area contributed by atoms with E-state index in [-0.39, 0.29) is 0 Å². The van der Waals surface area contributed by atoms with E-state index >= 15 is 0 Å². The van der Waals surface area contributed by atoms with Crippen LogP contribution in [0.4, 0.5) is 0 Å². The topological polar surface area (TPSA) is 12.0 Å². The largest absolute Gasteiger partial charge is 0.313 e. The molecule has 3 atom stereocenters. The highest BCUT2D eigenvalue weighted by Crippen LogP contribution is 2.37. The maximum Gasteiger partial charge on any atom is 0.0314 e. The molecule has 0 spiro atoms. The van der Waals surface area contributed by atoms with Gasteiger partial charge in [-0.25, -0.2) is 0 Å². The van der Waals surface area contributed by atoms with Crippen LogP contribution in [-0.2, 0) is 6.42 Å². The lowest BCUT2D eigenvalue weighted by Gasteiger charge is -2.25. The summed E-state index contributed by atoms with van der Waals surface area (Å²) in [6, 6.07) is 2.85. The van der Waals surface area contributed by atoms with Gasteiger partial charge in [-0.15, -0.1) is 11.3 Å². The van der Waals surface area contributed by atoms with Crippen LogP contribution >= 0.6 is 27.3 Å². The van der Waals surface area contributed by atoms with Gasteiger partial charge in [-0.2, -0.15) is 0 Å². The van der Waals surface area contributed by atoms with E-state index in [1.54, 1.807) is 0 Å². The maximum atomic E-state index is 3.81. The third-order valence-electron chi connectivity index (χ3n) is 4.48. The summed E-state index contributed by atoms with van der Waals surface area (Å²) in [6.07, 6.45) is 8.08. The van der Waals surface area contributed by atoms with Crippen LogP contribution in [0.15, 0.2) is 15.9 Å². The predicted octanol–water partition coefficient (Wildman–Crippen LogP) is 5.25. The van der Waals surface area contributed by atoms with Crippen LogP contribution in [0.5, 0.6) is 0 Å². The predicted molar refractivity (Wildman–Crippen MR) is 88.9 cm³/mol. The molecule has 0 saturated heterocycles. The highest BCUT2D eigenvalue weighted by Gasteiger charge is 2.30. The minimum absolute atomic E-state index is 0.673. The lowest BCUT2D eigenvalue weighted by atomic mass is 9.93. The Morgan fingerprint density at radius 3 is 2.84 bits per heavy atom. The van der Waals surface area contributed by atoms with Crippen LogP contribution in [0.3, 0.4) is 0 Å². The van der Waals surface area contributed by atoms with Crippen molar-refractivity contribution in [2.45, 2.75) is 58.4 Å². The number of hydrogen-bond acceptors (Lipinski definition) is 2. The molecule has 1 aliphatic carbocycles. The SMILES string of the molecule is CCCNC(Cc1sccc1Br)C1CCC(CC)C1. The van der Waals surface area contributed by atoms with Crippen molar-refractivity contribution >= 4 is 27.3 Å². The van der Waals surface area contributed by atoms with Crippen molar-refractivity contribution in [1.29, 1.82) is 0 Å². The van der Waals surface area contributed by atoms with Crippen LogP contribution in [-0.4, -0.2) is 12.6 Å². The number of halogens is 1. The molecule has 3 heteroatoms. The zero-order valence-electron chi connectivity index (χ0n) is 12.1. The molecule has 2 rings (SSSR count). The van der Waals surface area contributed by atoms with Crippen LogP contribution in [0.2, 0.25) is 0 Å². The second-order valence-corrected chi connectivity index (χ2v) is 7.66. The fraction of sp³-hybridized carbons (Fsp3) is 0.750. The lowest BCUT2D eigenvalue weighted by Crippen LogP contribution is -2.37. The molecule has 1 nitrogen and oxygen atoms in total. The van der Waals surface area contributed by atoms with Crippen molar-refractivity contribution < 1.29 is 0 Å². The van der Waals surface area contributed by atoms with Crippen LogP contribution in [0.25, 0.3) is 0 Å². The van der Waals surface area contributed by atoms with Crippen molar-refractivity contribution in [1.82, 2.24) is 5.32 Å². The normalized spacial score (nSPS) is 24.8. The fourth-order valence-corrected chi connectivity index (χ4v) is 4.83. The van der Waals surface area contributed by atoms with Gasteiger partial charge in [-0.3, -0.25) is 0 Å². The Hall–Kier alpha value is 0.140. The molecular formula is C16H26BrNS. The highest BCUT2D eigenvalue weighted by atomic mass is 79.9. The number of hydrogen-bond donors (Lipinski definition) is 1. The van der Waals surface area contributed by atoms with Gasteiger partial charge >= 0.3 is 0 Å². The summed E-state index contributed by atoms with van der Waals surface area (Å²) in [5.74, 6) is 1.85. The smallest absolute Gasteiger partial charge is 0.0314 e. The molecule has 1 aromatic heterocycles. The first kappa shape index (κ1) is 15.5. The Kier molecular flexibility index (Phi) is 6.37. The average molecular weight is 344 g/mol. The van der Waals surface area contributed by atoms with E-state index in [2.05, 4.69) is 46.5 Å². The third kappa shape index (κ3) is 4.30. The summed E-state index contributed by atoms with van der Waals surface area (Å²) in [4.78, 5) is 1.51. The summed E-state index contributed by atoms with van der Waals surface area (Å²) in [7, 11) is 0. The fourth-order valence-electron chi connectivity index (χ4n) is 3.26. The molecule has 1 N–H and O–H groups in total. The summed E-state index contributed by atoms with van der Waals surface area (Å²) in [5.41, 5.74) is 0. The second kappa shape index (κ2) is 7.80. The molecule has 0 aromatic carbocycles. The molecular weight excluding hydrogens is 318 g/mol. The lowest BCUT2D eigenvalue weighted by molar-refractivity contribution is 0.345. The standard InChI is InChI=1S/C16H26BrNS/c1-3-8-18-15(11-16-14(17)7-9-19-16)13-6-5-12(4-2)10-13/h7,9,12-13,15,18H,3-6,8,10-11H2,1-2H3. The quantitative estimate of drug-likeness (QED) is 0.712. The van der Waals surface area contributed by atoms with Gasteiger partial charge in [0.15, 0.2) is 0 Å². The van der Waals surface area contributed by atoms with Crippen LogP contribution < -0.4 is 5.32 Å². The Balaban J connectivity index is 1.97. The van der Waals surface area contributed by atoms with E-state index in [0.717, 1.165) is 18.4 Å². The molecule has 19 heavy (non-hydrogen) atoms. The van der Waals surface area contributed by atoms with Gasteiger partial charge < -0.3 is 5.32 Å². The Morgan fingerprint density at radius 2 is 2.26 bits per heavy atom. The average Bonchev–Trinajstić information content (AvgIpc) is 3.04. The second-order valence-electron chi connectivity index (χ2n) is 5.80. The summed E-state index contributed by atoms with van der Waals surface area (Å²) >= 11 is 5.57. The van der Waals surface area contributed by atoms with Gasteiger partial charge in [0.25, 0.3) is 0 Å². The van der Waals surface area contributed by atoms with Gasteiger partial charge in [0, 0.05) is 15.4 Å². The number of thiophene rings is 1. The Labute approximate surface area is 130 Å².